The van der Waals surface area contributed by atoms with E-state index in [9.17, 15) is 9.59 Å². The molecule has 3 aliphatic rings. The largest absolute Gasteiger partial charge is 0.332 e. The number of hydrogen-bond donors (Lipinski definition) is 0. The van der Waals surface area contributed by atoms with Gasteiger partial charge in [-0.1, -0.05) is 12.8 Å². The molecule has 1 saturated heterocycles. The molecule has 106 valence electrons. The van der Waals surface area contributed by atoms with E-state index in [0.29, 0.717) is 5.92 Å². The maximum Gasteiger partial charge on any atom is 0.332 e. The Kier molecular flexibility index (Phi) is 2.49. The van der Waals surface area contributed by atoms with E-state index in [-0.39, 0.29) is 11.9 Å². The highest BCUT2D eigenvalue weighted by atomic mass is 32.1. The van der Waals surface area contributed by atoms with Crippen molar-refractivity contribution in [1.29, 1.82) is 0 Å². The van der Waals surface area contributed by atoms with Gasteiger partial charge in [0.25, 0.3) is 5.91 Å². The summed E-state index contributed by atoms with van der Waals surface area (Å²) in [6, 6.07) is -0.178. The lowest BCUT2D eigenvalue weighted by Crippen LogP contribution is -2.45. The SMILES string of the molecule is CN1C(=O)N(c2scnc2C2CC2)C(=O)C12CCCC2. The predicted molar refractivity (Wildman–Crippen MR) is 75.9 cm³/mol. The van der Waals surface area contributed by atoms with E-state index in [0.717, 1.165) is 49.2 Å². The summed E-state index contributed by atoms with van der Waals surface area (Å²) in [5, 5.41) is 0.762. The fourth-order valence-electron chi connectivity index (χ4n) is 3.51. The van der Waals surface area contributed by atoms with Gasteiger partial charge < -0.3 is 4.90 Å². The molecule has 0 radical (unpaired) electrons. The maximum absolute atomic E-state index is 12.9. The number of carbonyl (C=O) groups excluding carboxylic acids is 2. The molecule has 3 fully saturated rings. The van der Waals surface area contributed by atoms with Crippen molar-refractivity contribution in [2.45, 2.75) is 50.0 Å². The van der Waals surface area contributed by atoms with Crippen molar-refractivity contribution in [2.75, 3.05) is 11.9 Å². The maximum atomic E-state index is 12.9. The van der Waals surface area contributed by atoms with Crippen LogP contribution < -0.4 is 4.90 Å². The van der Waals surface area contributed by atoms with E-state index in [1.54, 1.807) is 17.5 Å². The number of urea groups is 1. The first kappa shape index (κ1) is 12.3. The minimum Gasteiger partial charge on any atom is -0.312 e. The second-order valence-electron chi connectivity index (χ2n) is 6.04. The second kappa shape index (κ2) is 4.04. The zero-order valence-electron chi connectivity index (χ0n) is 11.5. The summed E-state index contributed by atoms with van der Waals surface area (Å²) in [6.45, 7) is 0. The number of anilines is 1. The standard InChI is InChI=1S/C14H17N3O2S/c1-16-13(19)17(12(18)14(16)6-2-3-7-14)11-10(9-4-5-9)15-8-20-11/h8-9H,2-7H2,1H3. The third kappa shape index (κ3) is 1.45. The number of thiazole rings is 1. The molecule has 0 aromatic carbocycles. The quantitative estimate of drug-likeness (QED) is 0.787. The number of hydrogen-bond acceptors (Lipinski definition) is 4. The molecular formula is C14H17N3O2S. The molecule has 6 heteroatoms. The fraction of sp³-hybridized carbons (Fsp3) is 0.643. The molecular weight excluding hydrogens is 274 g/mol. The van der Waals surface area contributed by atoms with Gasteiger partial charge in [-0.05, 0) is 25.7 Å². The highest BCUT2D eigenvalue weighted by molar-refractivity contribution is 7.14. The van der Waals surface area contributed by atoms with Crippen LogP contribution in [0.25, 0.3) is 0 Å². The van der Waals surface area contributed by atoms with Gasteiger partial charge in [-0.25, -0.2) is 14.7 Å². The zero-order valence-corrected chi connectivity index (χ0v) is 12.3. The number of aromatic nitrogens is 1. The molecule has 2 heterocycles. The van der Waals surface area contributed by atoms with Crippen LogP contribution >= 0.6 is 11.3 Å². The van der Waals surface area contributed by atoms with E-state index in [2.05, 4.69) is 4.98 Å². The van der Waals surface area contributed by atoms with Crippen molar-refractivity contribution in [3.63, 3.8) is 0 Å². The van der Waals surface area contributed by atoms with Crippen LogP contribution in [0.2, 0.25) is 0 Å². The third-order valence-electron chi connectivity index (χ3n) is 4.89. The van der Waals surface area contributed by atoms with E-state index in [4.69, 9.17) is 0 Å². The summed E-state index contributed by atoms with van der Waals surface area (Å²) in [5.41, 5.74) is 2.12. The van der Waals surface area contributed by atoms with Gasteiger partial charge >= 0.3 is 6.03 Å². The van der Waals surface area contributed by atoms with Crippen molar-refractivity contribution < 1.29 is 9.59 Å². The van der Waals surface area contributed by atoms with Crippen LogP contribution in [0.5, 0.6) is 0 Å². The molecule has 0 unspecified atom stereocenters. The smallest absolute Gasteiger partial charge is 0.312 e. The lowest BCUT2D eigenvalue weighted by atomic mass is 9.96. The van der Waals surface area contributed by atoms with E-state index < -0.39 is 5.54 Å². The van der Waals surface area contributed by atoms with Crippen molar-refractivity contribution in [1.82, 2.24) is 9.88 Å². The lowest BCUT2D eigenvalue weighted by Gasteiger charge is -2.27. The first-order valence-electron chi connectivity index (χ1n) is 7.21. The van der Waals surface area contributed by atoms with Crippen molar-refractivity contribution in [2.24, 2.45) is 0 Å². The average Bonchev–Trinajstić information content (AvgIpc) is 2.93. The Bertz CT molecular complexity index is 587. The summed E-state index contributed by atoms with van der Waals surface area (Å²) in [7, 11) is 1.77. The fourth-order valence-corrected chi connectivity index (χ4v) is 4.39. The number of rotatable bonds is 2. The normalized spacial score (nSPS) is 25.2. The summed E-state index contributed by atoms with van der Waals surface area (Å²) in [4.78, 5) is 32.9. The second-order valence-corrected chi connectivity index (χ2v) is 6.87. The Hall–Kier alpha value is -1.43. The number of carbonyl (C=O) groups is 2. The van der Waals surface area contributed by atoms with Crippen LogP contribution in [0.3, 0.4) is 0 Å². The van der Waals surface area contributed by atoms with E-state index >= 15 is 0 Å². The van der Waals surface area contributed by atoms with Crippen molar-refractivity contribution in [3.8, 4) is 0 Å². The molecule has 5 nitrogen and oxygen atoms in total. The highest BCUT2D eigenvalue weighted by Gasteiger charge is 2.58. The van der Waals surface area contributed by atoms with Gasteiger partial charge in [-0.15, -0.1) is 11.3 Å². The molecule has 1 aliphatic heterocycles. The molecule has 1 aromatic rings. The highest BCUT2D eigenvalue weighted by Crippen LogP contribution is 2.49. The third-order valence-corrected chi connectivity index (χ3v) is 5.72. The average molecular weight is 291 g/mol. The Morgan fingerprint density at radius 1 is 1.30 bits per heavy atom. The topological polar surface area (TPSA) is 53.5 Å². The van der Waals surface area contributed by atoms with Gasteiger partial charge in [-0.3, -0.25) is 4.79 Å². The minimum atomic E-state index is -0.581. The molecule has 3 amide bonds. The Morgan fingerprint density at radius 2 is 2.00 bits per heavy atom. The Balaban J connectivity index is 1.76. The van der Waals surface area contributed by atoms with Crippen LogP contribution in [-0.2, 0) is 4.79 Å². The van der Waals surface area contributed by atoms with Gasteiger partial charge in [-0.2, -0.15) is 0 Å². The first-order chi connectivity index (χ1) is 9.65. The van der Waals surface area contributed by atoms with Crippen LogP contribution in [0.15, 0.2) is 5.51 Å². The molecule has 2 saturated carbocycles. The summed E-state index contributed by atoms with van der Waals surface area (Å²) in [6.07, 6.45) is 5.87. The predicted octanol–water partition coefficient (Wildman–Crippen LogP) is 2.73. The van der Waals surface area contributed by atoms with Crippen LogP contribution in [0.4, 0.5) is 9.80 Å². The zero-order chi connectivity index (χ0) is 13.9. The Morgan fingerprint density at radius 3 is 2.65 bits per heavy atom. The van der Waals surface area contributed by atoms with E-state index in [1.807, 2.05) is 0 Å². The summed E-state index contributed by atoms with van der Waals surface area (Å²) in [5.74, 6) is 0.413. The molecule has 2 aliphatic carbocycles. The van der Waals surface area contributed by atoms with Gasteiger partial charge in [0.2, 0.25) is 0 Å². The van der Waals surface area contributed by atoms with Gasteiger partial charge in [0.15, 0.2) is 0 Å². The number of nitrogens with zero attached hydrogens (tertiary/aromatic N) is 3. The monoisotopic (exact) mass is 291 g/mol. The van der Waals surface area contributed by atoms with Crippen LogP contribution in [0, 0.1) is 0 Å². The first-order valence-corrected chi connectivity index (χ1v) is 8.09. The number of likely N-dealkylation sites (N-methyl/N-ethyl adjacent to an activating group) is 1. The molecule has 0 atom stereocenters. The van der Waals surface area contributed by atoms with E-state index in [1.165, 1.54) is 16.2 Å². The molecule has 0 N–H and O–H groups in total. The molecule has 1 spiro atoms. The molecule has 20 heavy (non-hydrogen) atoms. The lowest BCUT2D eigenvalue weighted by molar-refractivity contribution is -0.124. The van der Waals surface area contributed by atoms with Gasteiger partial charge in [0.05, 0.1) is 11.2 Å². The number of imide groups is 1. The Labute approximate surface area is 121 Å². The molecule has 1 aromatic heterocycles. The molecule has 4 rings (SSSR count). The molecule has 0 bridgehead atoms. The summed E-state index contributed by atoms with van der Waals surface area (Å²) >= 11 is 1.41. The minimum absolute atomic E-state index is 0.0337. The van der Waals surface area contributed by atoms with Crippen molar-refractivity contribution in [3.05, 3.63) is 11.2 Å². The van der Waals surface area contributed by atoms with Crippen LogP contribution in [0.1, 0.15) is 50.1 Å². The van der Waals surface area contributed by atoms with Crippen LogP contribution in [-0.4, -0.2) is 34.4 Å². The van der Waals surface area contributed by atoms with Gasteiger partial charge in [0.1, 0.15) is 10.5 Å². The number of amides is 3. The van der Waals surface area contributed by atoms with Crippen molar-refractivity contribution >= 4 is 28.3 Å². The van der Waals surface area contributed by atoms with Gasteiger partial charge in [0, 0.05) is 13.0 Å². The summed E-state index contributed by atoms with van der Waals surface area (Å²) < 4.78 is 0.